The van der Waals surface area contributed by atoms with E-state index in [-0.39, 0.29) is 35.9 Å². The molecule has 2 rings (SSSR count). The molecule has 0 spiro atoms. The molecule has 1 aliphatic carbocycles. The van der Waals surface area contributed by atoms with Crippen molar-refractivity contribution in [1.29, 1.82) is 0 Å². The Bertz CT molecular complexity index is 627. The Kier molecular flexibility index (Phi) is 6.88. The van der Waals surface area contributed by atoms with Gasteiger partial charge < -0.3 is 4.74 Å². The fourth-order valence-electron chi connectivity index (χ4n) is 3.43. The lowest BCUT2D eigenvalue weighted by molar-refractivity contribution is -0.147. The normalized spacial score (nSPS) is 22.0. The van der Waals surface area contributed by atoms with Gasteiger partial charge in [-0.05, 0) is 37.5 Å². The average Bonchev–Trinajstić information content (AvgIpc) is 2.53. The maximum absolute atomic E-state index is 12.9. The molecular formula is C19H22Cl2O3. The quantitative estimate of drug-likeness (QED) is 0.511. The highest BCUT2D eigenvalue weighted by Gasteiger charge is 2.37. The van der Waals surface area contributed by atoms with E-state index in [1.54, 1.807) is 25.1 Å². The van der Waals surface area contributed by atoms with Gasteiger partial charge in [-0.25, -0.2) is 0 Å². The number of ether oxygens (including phenoxy) is 1. The van der Waals surface area contributed by atoms with Gasteiger partial charge in [0.1, 0.15) is 5.78 Å². The van der Waals surface area contributed by atoms with Crippen LogP contribution in [0.1, 0.15) is 44.1 Å². The smallest absolute Gasteiger partial charge is 0.306 e. The molecule has 1 aromatic rings. The van der Waals surface area contributed by atoms with Crippen molar-refractivity contribution in [2.45, 2.75) is 38.5 Å². The molecule has 3 nitrogen and oxygen atoms in total. The summed E-state index contributed by atoms with van der Waals surface area (Å²) in [6, 6.07) is 5.29. The van der Waals surface area contributed by atoms with Crippen LogP contribution < -0.4 is 0 Å². The molecule has 0 bridgehead atoms. The van der Waals surface area contributed by atoms with Crippen LogP contribution in [-0.2, 0) is 14.3 Å². The van der Waals surface area contributed by atoms with Gasteiger partial charge in [0.25, 0.3) is 0 Å². The summed E-state index contributed by atoms with van der Waals surface area (Å²) in [5, 5.41) is 1.09. The predicted molar refractivity (Wildman–Crippen MR) is 96.5 cm³/mol. The van der Waals surface area contributed by atoms with Crippen molar-refractivity contribution in [1.82, 2.24) is 0 Å². The second kappa shape index (κ2) is 8.68. The van der Waals surface area contributed by atoms with Crippen molar-refractivity contribution in [3.05, 3.63) is 46.5 Å². The van der Waals surface area contributed by atoms with E-state index in [9.17, 15) is 9.59 Å². The molecule has 5 heteroatoms. The topological polar surface area (TPSA) is 43.4 Å². The van der Waals surface area contributed by atoms with Gasteiger partial charge in [0.2, 0.25) is 0 Å². The first-order valence-electron chi connectivity index (χ1n) is 8.24. The van der Waals surface area contributed by atoms with Crippen LogP contribution in [-0.4, -0.2) is 18.4 Å². The van der Waals surface area contributed by atoms with Gasteiger partial charge in [0, 0.05) is 27.8 Å². The second-order valence-electron chi connectivity index (χ2n) is 6.07. The Morgan fingerprint density at radius 1 is 1.42 bits per heavy atom. The summed E-state index contributed by atoms with van der Waals surface area (Å²) in [6.45, 7) is 5.99. The van der Waals surface area contributed by atoms with Crippen LogP contribution in [0.5, 0.6) is 0 Å². The van der Waals surface area contributed by atoms with Crippen molar-refractivity contribution in [3.8, 4) is 0 Å². The minimum Gasteiger partial charge on any atom is -0.466 e. The van der Waals surface area contributed by atoms with E-state index in [0.29, 0.717) is 16.7 Å². The van der Waals surface area contributed by atoms with Crippen molar-refractivity contribution < 1.29 is 14.3 Å². The van der Waals surface area contributed by atoms with E-state index in [1.165, 1.54) is 0 Å². The molecule has 0 unspecified atom stereocenters. The van der Waals surface area contributed by atoms with Crippen LogP contribution in [0.25, 0.3) is 0 Å². The zero-order chi connectivity index (χ0) is 17.7. The number of halogens is 2. The Balaban J connectivity index is 2.20. The summed E-state index contributed by atoms with van der Waals surface area (Å²) < 4.78 is 4.98. The number of benzene rings is 1. The zero-order valence-electron chi connectivity index (χ0n) is 13.8. The van der Waals surface area contributed by atoms with E-state index >= 15 is 0 Å². The average molecular weight is 369 g/mol. The first kappa shape index (κ1) is 19.0. The van der Waals surface area contributed by atoms with E-state index in [1.807, 2.05) is 6.07 Å². The summed E-state index contributed by atoms with van der Waals surface area (Å²) in [5.74, 6) is -0.876. The van der Waals surface area contributed by atoms with E-state index < -0.39 is 0 Å². The summed E-state index contributed by atoms with van der Waals surface area (Å²) in [6.07, 6.45) is 4.32. The lowest BCUT2D eigenvalue weighted by Gasteiger charge is -2.32. The molecule has 0 amide bonds. The van der Waals surface area contributed by atoms with Gasteiger partial charge in [-0.2, -0.15) is 0 Å². The third-order valence-corrected chi connectivity index (χ3v) is 5.13. The van der Waals surface area contributed by atoms with Crippen LogP contribution in [0.2, 0.25) is 10.0 Å². The third-order valence-electron chi connectivity index (χ3n) is 4.56. The molecule has 1 aromatic carbocycles. The summed E-state index contributed by atoms with van der Waals surface area (Å²) >= 11 is 12.3. The largest absolute Gasteiger partial charge is 0.466 e. The van der Waals surface area contributed by atoms with Gasteiger partial charge in [-0.3, -0.25) is 9.59 Å². The van der Waals surface area contributed by atoms with E-state index in [4.69, 9.17) is 27.9 Å². The number of allylic oxidation sites excluding steroid dienone is 1. The lowest BCUT2D eigenvalue weighted by atomic mass is 9.71. The van der Waals surface area contributed by atoms with E-state index in [2.05, 4.69) is 6.58 Å². The SMILES string of the molecule is C=C[C@H](c1ccc(Cl)cc1Cl)[C@H]1CCC[C@@H](CC(=O)OCC)C1=O. The van der Waals surface area contributed by atoms with Gasteiger partial charge in [-0.15, -0.1) is 6.58 Å². The summed E-state index contributed by atoms with van der Waals surface area (Å²) in [7, 11) is 0. The molecule has 0 saturated heterocycles. The van der Waals surface area contributed by atoms with Gasteiger partial charge >= 0.3 is 5.97 Å². The van der Waals surface area contributed by atoms with Gasteiger partial charge in [0.15, 0.2) is 0 Å². The Morgan fingerprint density at radius 3 is 2.79 bits per heavy atom. The molecule has 0 N–H and O–H groups in total. The fraction of sp³-hybridized carbons (Fsp3) is 0.474. The number of hydrogen-bond acceptors (Lipinski definition) is 3. The van der Waals surface area contributed by atoms with Crippen LogP contribution in [0.4, 0.5) is 0 Å². The fourth-order valence-corrected chi connectivity index (χ4v) is 3.97. The minimum atomic E-state index is -0.309. The highest BCUT2D eigenvalue weighted by Crippen LogP contribution is 2.40. The molecule has 0 aliphatic heterocycles. The molecule has 130 valence electrons. The standard InChI is InChI=1S/C19H22Cl2O3/c1-3-14(15-9-8-13(20)11-17(15)21)16-7-5-6-12(19(16)23)10-18(22)24-4-2/h3,8-9,11-12,14,16H,1,4-7,10H2,2H3/t12-,14+,16+/m0/s1. The monoisotopic (exact) mass is 368 g/mol. The molecular weight excluding hydrogens is 347 g/mol. The molecule has 3 atom stereocenters. The van der Waals surface area contributed by atoms with Crippen molar-refractivity contribution in [3.63, 3.8) is 0 Å². The third kappa shape index (κ3) is 4.40. The Hall–Kier alpha value is -1.32. The maximum Gasteiger partial charge on any atom is 0.306 e. The number of hydrogen-bond donors (Lipinski definition) is 0. The Labute approximate surface area is 153 Å². The highest BCUT2D eigenvalue weighted by molar-refractivity contribution is 6.35. The summed E-state index contributed by atoms with van der Waals surface area (Å²) in [5.41, 5.74) is 0.853. The lowest BCUT2D eigenvalue weighted by Crippen LogP contribution is -2.33. The van der Waals surface area contributed by atoms with E-state index in [0.717, 1.165) is 24.8 Å². The number of esters is 1. The van der Waals surface area contributed by atoms with Crippen molar-refractivity contribution in [2.24, 2.45) is 11.8 Å². The first-order valence-corrected chi connectivity index (χ1v) is 9.00. The molecule has 1 aliphatic rings. The molecule has 0 heterocycles. The number of Topliss-reactive ketones (excluding diaryl/α,β-unsaturated/α-hetero) is 1. The first-order chi connectivity index (χ1) is 11.5. The number of carbonyl (C=O) groups is 2. The molecule has 0 aromatic heterocycles. The second-order valence-corrected chi connectivity index (χ2v) is 6.92. The van der Waals surface area contributed by atoms with Gasteiger partial charge in [0.05, 0.1) is 13.0 Å². The van der Waals surface area contributed by atoms with Gasteiger partial charge in [-0.1, -0.05) is 41.8 Å². The molecule has 24 heavy (non-hydrogen) atoms. The summed E-state index contributed by atoms with van der Waals surface area (Å²) in [4.78, 5) is 24.6. The number of rotatable bonds is 6. The highest BCUT2D eigenvalue weighted by atomic mass is 35.5. The molecule has 1 saturated carbocycles. The van der Waals surface area contributed by atoms with Crippen molar-refractivity contribution >= 4 is 35.0 Å². The minimum absolute atomic E-state index is 0.102. The van der Waals surface area contributed by atoms with Crippen LogP contribution in [0.3, 0.4) is 0 Å². The molecule has 1 fully saturated rings. The molecule has 0 radical (unpaired) electrons. The number of ketones is 1. The zero-order valence-corrected chi connectivity index (χ0v) is 15.3. The van der Waals surface area contributed by atoms with Crippen LogP contribution in [0.15, 0.2) is 30.9 Å². The van der Waals surface area contributed by atoms with Crippen LogP contribution in [0, 0.1) is 11.8 Å². The van der Waals surface area contributed by atoms with Crippen LogP contribution >= 0.6 is 23.2 Å². The number of carbonyl (C=O) groups excluding carboxylic acids is 2. The maximum atomic E-state index is 12.9. The van der Waals surface area contributed by atoms with Crippen molar-refractivity contribution in [2.75, 3.05) is 6.61 Å². The predicted octanol–water partition coefficient (Wildman–Crippen LogP) is 5.20. The Morgan fingerprint density at radius 2 is 2.17 bits per heavy atom.